The van der Waals surface area contributed by atoms with Crippen LogP contribution >= 0.6 is 0 Å². The predicted molar refractivity (Wildman–Crippen MR) is 137 cm³/mol. The summed E-state index contributed by atoms with van der Waals surface area (Å²) in [4.78, 5) is 36.3. The first kappa shape index (κ1) is 27.4. The highest BCUT2D eigenvalue weighted by Crippen LogP contribution is 2.24. The van der Waals surface area contributed by atoms with Crippen LogP contribution in [-0.2, 0) is 25.7 Å². The largest absolute Gasteiger partial charge is 0.461 e. The van der Waals surface area contributed by atoms with E-state index in [9.17, 15) is 14.4 Å². The second-order valence-corrected chi connectivity index (χ2v) is 9.27. The summed E-state index contributed by atoms with van der Waals surface area (Å²) in [5, 5.41) is 14.8. The van der Waals surface area contributed by atoms with E-state index in [1.165, 1.54) is 0 Å². The van der Waals surface area contributed by atoms with Crippen LogP contribution in [0.15, 0.2) is 54.6 Å². The number of amides is 2. The third-order valence-electron chi connectivity index (χ3n) is 6.36. The van der Waals surface area contributed by atoms with Gasteiger partial charge in [0.2, 0.25) is 11.8 Å². The zero-order valence-corrected chi connectivity index (χ0v) is 20.7. The van der Waals surface area contributed by atoms with E-state index in [0.29, 0.717) is 25.1 Å². The monoisotopic (exact) mass is 495 g/mol. The molecule has 2 aromatic carbocycles. The maximum Gasteiger partial charge on any atom is 0.328 e. The molecule has 0 aliphatic heterocycles. The molecule has 1 unspecified atom stereocenters. The molecule has 1 atom stereocenters. The normalized spacial score (nSPS) is 14.2. The van der Waals surface area contributed by atoms with Gasteiger partial charge in [-0.1, -0.05) is 55.3 Å². The molecular formula is C28H37N3O5. The zero-order valence-electron chi connectivity index (χ0n) is 20.7. The number of hydrogen-bond donors (Lipinski definition) is 4. The first-order chi connectivity index (χ1) is 17.5. The number of rotatable bonds is 14. The lowest BCUT2D eigenvalue weighted by Gasteiger charge is -2.21. The van der Waals surface area contributed by atoms with Crippen molar-refractivity contribution < 1.29 is 24.3 Å². The van der Waals surface area contributed by atoms with Crippen LogP contribution in [0.2, 0.25) is 0 Å². The average Bonchev–Trinajstić information content (AvgIpc) is 3.40. The Hall–Kier alpha value is -3.23. The number of hydrogen-bond acceptors (Lipinski definition) is 6. The van der Waals surface area contributed by atoms with Crippen LogP contribution in [0.5, 0.6) is 0 Å². The summed E-state index contributed by atoms with van der Waals surface area (Å²) in [5.74, 6) is -0.701. The molecule has 4 N–H and O–H groups in total. The molecule has 0 saturated heterocycles. The summed E-state index contributed by atoms with van der Waals surface area (Å²) in [6, 6.07) is 16.6. The SMILES string of the molecule is O=C(CCCCCCC(=O)Nc1cccc(CNC(C(=O)OC2CCCC2)c2ccccc2)c1)NO. The molecule has 1 aliphatic rings. The van der Waals surface area contributed by atoms with Crippen molar-refractivity contribution in [3.8, 4) is 0 Å². The Bertz CT molecular complexity index is 976. The van der Waals surface area contributed by atoms with Gasteiger partial charge in [-0.25, -0.2) is 10.3 Å². The van der Waals surface area contributed by atoms with Gasteiger partial charge in [-0.05, 0) is 61.8 Å². The molecule has 36 heavy (non-hydrogen) atoms. The molecule has 1 saturated carbocycles. The van der Waals surface area contributed by atoms with Crippen molar-refractivity contribution in [2.45, 2.75) is 82.9 Å². The second kappa shape index (κ2) is 15.0. The van der Waals surface area contributed by atoms with Crippen LogP contribution in [0.3, 0.4) is 0 Å². The lowest BCUT2D eigenvalue weighted by Crippen LogP contribution is -2.32. The summed E-state index contributed by atoms with van der Waals surface area (Å²) in [6.07, 6.45) is 7.82. The summed E-state index contributed by atoms with van der Waals surface area (Å²) < 4.78 is 5.78. The number of hydroxylamine groups is 1. The number of carbonyl (C=O) groups is 3. The summed E-state index contributed by atoms with van der Waals surface area (Å²) in [5.41, 5.74) is 4.14. The van der Waals surface area contributed by atoms with Gasteiger partial charge in [-0.15, -0.1) is 0 Å². The Kier molecular flexibility index (Phi) is 11.4. The van der Waals surface area contributed by atoms with E-state index in [4.69, 9.17) is 9.94 Å². The molecular weight excluding hydrogens is 458 g/mol. The number of benzene rings is 2. The Labute approximate surface area is 212 Å². The number of nitrogens with one attached hydrogen (secondary N) is 3. The Morgan fingerprint density at radius 3 is 2.28 bits per heavy atom. The number of ether oxygens (including phenoxy) is 1. The summed E-state index contributed by atoms with van der Waals surface area (Å²) >= 11 is 0. The highest BCUT2D eigenvalue weighted by Gasteiger charge is 2.26. The van der Waals surface area contributed by atoms with Crippen LogP contribution in [0.25, 0.3) is 0 Å². The molecule has 3 rings (SSSR count). The molecule has 0 heterocycles. The number of carbonyl (C=O) groups excluding carboxylic acids is 3. The summed E-state index contributed by atoms with van der Waals surface area (Å²) in [7, 11) is 0. The number of esters is 1. The van der Waals surface area contributed by atoms with E-state index in [0.717, 1.165) is 56.1 Å². The van der Waals surface area contributed by atoms with Gasteiger partial charge in [0.25, 0.3) is 0 Å². The minimum atomic E-state index is -0.562. The van der Waals surface area contributed by atoms with Gasteiger partial charge in [-0.2, -0.15) is 0 Å². The maximum absolute atomic E-state index is 13.0. The third-order valence-corrected chi connectivity index (χ3v) is 6.36. The van der Waals surface area contributed by atoms with Crippen molar-refractivity contribution >= 4 is 23.5 Å². The zero-order chi connectivity index (χ0) is 25.6. The van der Waals surface area contributed by atoms with Crippen LogP contribution < -0.4 is 16.1 Å². The molecule has 1 aliphatic carbocycles. The molecule has 0 radical (unpaired) electrons. The van der Waals surface area contributed by atoms with Crippen molar-refractivity contribution in [2.75, 3.05) is 5.32 Å². The maximum atomic E-state index is 13.0. The topological polar surface area (TPSA) is 117 Å². The van der Waals surface area contributed by atoms with Crippen LogP contribution in [0.4, 0.5) is 5.69 Å². The molecule has 1 fully saturated rings. The number of anilines is 1. The van der Waals surface area contributed by atoms with E-state index in [1.54, 1.807) is 5.48 Å². The fourth-order valence-electron chi connectivity index (χ4n) is 4.40. The molecule has 8 heteroatoms. The van der Waals surface area contributed by atoms with Crippen molar-refractivity contribution in [1.29, 1.82) is 0 Å². The molecule has 194 valence electrons. The van der Waals surface area contributed by atoms with Gasteiger partial charge in [0.05, 0.1) is 0 Å². The van der Waals surface area contributed by atoms with Crippen LogP contribution in [-0.4, -0.2) is 29.1 Å². The van der Waals surface area contributed by atoms with Crippen molar-refractivity contribution in [2.24, 2.45) is 0 Å². The minimum Gasteiger partial charge on any atom is -0.461 e. The predicted octanol–water partition coefficient (Wildman–Crippen LogP) is 4.79. The van der Waals surface area contributed by atoms with E-state index >= 15 is 0 Å². The molecule has 0 aromatic heterocycles. The lowest BCUT2D eigenvalue weighted by molar-refractivity contribution is -0.151. The van der Waals surface area contributed by atoms with Crippen molar-refractivity contribution in [1.82, 2.24) is 10.8 Å². The van der Waals surface area contributed by atoms with E-state index in [2.05, 4.69) is 10.6 Å². The second-order valence-electron chi connectivity index (χ2n) is 9.27. The lowest BCUT2D eigenvalue weighted by atomic mass is 10.1. The molecule has 8 nitrogen and oxygen atoms in total. The van der Waals surface area contributed by atoms with Crippen molar-refractivity contribution in [3.05, 3.63) is 65.7 Å². The standard InChI is InChI=1S/C28H37N3O5/c32-25(17-6-1-2-7-18-26(33)31-35)30-23-14-10-11-21(19-23)20-29-27(22-12-4-3-5-13-22)28(34)36-24-15-8-9-16-24/h3-5,10-14,19,24,27,29,35H,1-2,6-9,15-18,20H2,(H,30,32)(H,31,33). The van der Waals surface area contributed by atoms with Gasteiger partial charge in [0.15, 0.2) is 0 Å². The first-order valence-electron chi connectivity index (χ1n) is 12.9. The van der Waals surface area contributed by atoms with Crippen LogP contribution in [0.1, 0.15) is 81.4 Å². The van der Waals surface area contributed by atoms with E-state index in [1.807, 2.05) is 54.6 Å². The van der Waals surface area contributed by atoms with Gasteiger partial charge >= 0.3 is 5.97 Å². The van der Waals surface area contributed by atoms with Crippen LogP contribution in [0, 0.1) is 0 Å². The quantitative estimate of drug-likeness (QED) is 0.130. The van der Waals surface area contributed by atoms with Gasteiger partial charge in [0.1, 0.15) is 12.1 Å². The fourth-order valence-corrected chi connectivity index (χ4v) is 4.40. The van der Waals surface area contributed by atoms with Gasteiger partial charge in [0, 0.05) is 25.1 Å². The molecule has 2 amide bonds. The fraction of sp³-hybridized carbons (Fsp3) is 0.464. The van der Waals surface area contributed by atoms with E-state index < -0.39 is 6.04 Å². The Balaban J connectivity index is 1.48. The average molecular weight is 496 g/mol. The highest BCUT2D eigenvalue weighted by molar-refractivity contribution is 5.90. The molecule has 2 aromatic rings. The molecule has 0 bridgehead atoms. The van der Waals surface area contributed by atoms with E-state index in [-0.39, 0.29) is 30.3 Å². The minimum absolute atomic E-state index is 0.00379. The Morgan fingerprint density at radius 1 is 0.889 bits per heavy atom. The smallest absolute Gasteiger partial charge is 0.328 e. The van der Waals surface area contributed by atoms with Crippen molar-refractivity contribution in [3.63, 3.8) is 0 Å². The Morgan fingerprint density at radius 2 is 1.58 bits per heavy atom. The first-order valence-corrected chi connectivity index (χ1v) is 12.9. The molecule has 0 spiro atoms. The van der Waals surface area contributed by atoms with Gasteiger partial charge < -0.3 is 10.1 Å². The number of unbranched alkanes of at least 4 members (excludes halogenated alkanes) is 3. The summed E-state index contributed by atoms with van der Waals surface area (Å²) in [6.45, 7) is 0.449. The highest BCUT2D eigenvalue weighted by atomic mass is 16.5. The van der Waals surface area contributed by atoms with Gasteiger partial charge in [-0.3, -0.25) is 20.1 Å². The third kappa shape index (κ3) is 9.43.